The van der Waals surface area contributed by atoms with Gasteiger partial charge >= 0.3 is 0 Å². The molecule has 0 unspecified atom stereocenters. The fourth-order valence-electron chi connectivity index (χ4n) is 10.9. The maximum atomic E-state index is 2.51. The van der Waals surface area contributed by atoms with Crippen molar-refractivity contribution in [1.29, 1.82) is 0 Å². The zero-order valence-electron chi connectivity index (χ0n) is 33.7. The molecule has 0 saturated heterocycles. The van der Waals surface area contributed by atoms with Crippen molar-refractivity contribution < 1.29 is 0 Å². The summed E-state index contributed by atoms with van der Waals surface area (Å²) in [6.45, 7) is 14.5. The van der Waals surface area contributed by atoms with Crippen molar-refractivity contribution in [3.63, 3.8) is 0 Å². The van der Waals surface area contributed by atoms with Crippen molar-refractivity contribution in [1.82, 2.24) is 0 Å². The maximum Gasteiger partial charge on any atom is 0.0355 e. The SMILES string of the molecule is Cc1cc(-c2ccc(-c3ccc4sc5ccccc5c4c3)cc2)cc2c1-c1ccc3c(c1C2(C)C)C(C)(C)c1cc(-c2ccc4sc5ccccc5c4c2)cc(C)c1-3. The van der Waals surface area contributed by atoms with Gasteiger partial charge in [0.15, 0.2) is 0 Å². The minimum absolute atomic E-state index is 0.153. The van der Waals surface area contributed by atoms with Crippen molar-refractivity contribution in [3.05, 3.63) is 179 Å². The second-order valence-electron chi connectivity index (χ2n) is 17.8. The molecule has 12 rings (SSSR count). The molecule has 2 heteroatoms. The van der Waals surface area contributed by atoms with Crippen LogP contribution in [0.5, 0.6) is 0 Å². The highest BCUT2D eigenvalue weighted by Crippen LogP contribution is 2.61. The second-order valence-corrected chi connectivity index (χ2v) is 20.0. The highest BCUT2D eigenvalue weighted by atomic mass is 32.1. The first-order valence-electron chi connectivity index (χ1n) is 20.5. The van der Waals surface area contributed by atoms with Crippen LogP contribution in [0, 0.1) is 13.8 Å². The molecule has 0 radical (unpaired) electrons. The van der Waals surface area contributed by atoms with E-state index in [1.165, 1.54) is 129 Å². The number of benzene rings is 8. The van der Waals surface area contributed by atoms with Crippen LogP contribution in [0.3, 0.4) is 0 Å². The molecule has 0 fully saturated rings. The summed E-state index contributed by atoms with van der Waals surface area (Å²) in [5.74, 6) is 0. The summed E-state index contributed by atoms with van der Waals surface area (Å²) < 4.78 is 5.40. The van der Waals surface area contributed by atoms with E-state index in [4.69, 9.17) is 0 Å². The lowest BCUT2D eigenvalue weighted by Gasteiger charge is -2.31. The number of thiophene rings is 2. The Morgan fingerprint density at radius 1 is 0.345 bits per heavy atom. The summed E-state index contributed by atoms with van der Waals surface area (Å²) in [5.41, 5.74) is 21.6. The monoisotopic (exact) mass is 778 g/mol. The first-order chi connectivity index (χ1) is 28.1. The predicted octanol–water partition coefficient (Wildman–Crippen LogP) is 16.7. The quantitative estimate of drug-likeness (QED) is 0.168. The molecule has 2 aliphatic rings. The molecule has 8 aromatic carbocycles. The Balaban J connectivity index is 0.924. The van der Waals surface area contributed by atoms with Crippen LogP contribution in [0.25, 0.3) is 96.0 Å². The van der Waals surface area contributed by atoms with Crippen molar-refractivity contribution in [2.45, 2.75) is 52.4 Å². The average molecular weight is 779 g/mol. The average Bonchev–Trinajstić information content (AvgIpc) is 3.92. The van der Waals surface area contributed by atoms with Crippen molar-refractivity contribution in [2.24, 2.45) is 0 Å². The van der Waals surface area contributed by atoms with Gasteiger partial charge in [0, 0.05) is 51.2 Å². The fourth-order valence-corrected chi connectivity index (χ4v) is 13.0. The molecular weight excluding hydrogens is 737 g/mol. The Kier molecular flexibility index (Phi) is 7.02. The Bertz CT molecular complexity index is 3400. The Morgan fingerprint density at radius 2 is 0.724 bits per heavy atom. The largest absolute Gasteiger partial charge is 0.135 e. The highest BCUT2D eigenvalue weighted by Gasteiger charge is 2.46. The molecule has 0 bridgehead atoms. The normalized spacial score (nSPS) is 14.7. The minimum Gasteiger partial charge on any atom is -0.135 e. The predicted molar refractivity (Wildman–Crippen MR) is 253 cm³/mol. The number of hydrogen-bond donors (Lipinski definition) is 0. The molecule has 0 atom stereocenters. The van der Waals surface area contributed by atoms with Crippen LogP contribution in [0.15, 0.2) is 146 Å². The Labute approximate surface area is 348 Å². The lowest BCUT2D eigenvalue weighted by Crippen LogP contribution is -2.24. The topological polar surface area (TPSA) is 0 Å². The number of aryl methyl sites for hydroxylation is 2. The van der Waals surface area contributed by atoms with Crippen LogP contribution < -0.4 is 0 Å². The summed E-state index contributed by atoms with van der Waals surface area (Å²) in [7, 11) is 0. The van der Waals surface area contributed by atoms with Gasteiger partial charge < -0.3 is 0 Å². The van der Waals surface area contributed by atoms with E-state index in [0.717, 1.165) is 0 Å². The molecule has 0 amide bonds. The molecule has 2 aliphatic carbocycles. The molecule has 278 valence electrons. The van der Waals surface area contributed by atoms with E-state index in [0.29, 0.717) is 0 Å². The van der Waals surface area contributed by atoms with Gasteiger partial charge in [0.25, 0.3) is 0 Å². The van der Waals surface area contributed by atoms with Gasteiger partial charge in [0.05, 0.1) is 0 Å². The van der Waals surface area contributed by atoms with Gasteiger partial charge in [-0.05, 0) is 151 Å². The summed E-state index contributed by atoms with van der Waals surface area (Å²) >= 11 is 3.76. The first kappa shape index (κ1) is 34.3. The zero-order chi connectivity index (χ0) is 39.2. The van der Waals surface area contributed by atoms with Crippen molar-refractivity contribution in [3.8, 4) is 55.6 Å². The Hall–Kier alpha value is -5.80. The smallest absolute Gasteiger partial charge is 0.0355 e. The van der Waals surface area contributed by atoms with Crippen LogP contribution in [0.1, 0.15) is 61.1 Å². The second kappa shape index (κ2) is 11.9. The van der Waals surface area contributed by atoms with Crippen LogP contribution in [0.2, 0.25) is 0 Å². The van der Waals surface area contributed by atoms with Crippen LogP contribution in [-0.2, 0) is 10.8 Å². The number of rotatable bonds is 3. The zero-order valence-corrected chi connectivity index (χ0v) is 35.3. The van der Waals surface area contributed by atoms with Gasteiger partial charge in [0.1, 0.15) is 0 Å². The van der Waals surface area contributed by atoms with Gasteiger partial charge in [-0.3, -0.25) is 0 Å². The van der Waals surface area contributed by atoms with E-state index in [1.807, 2.05) is 22.7 Å². The third-order valence-electron chi connectivity index (χ3n) is 13.7. The number of fused-ring (bicyclic) bond motifs is 13. The lowest BCUT2D eigenvalue weighted by atomic mass is 9.72. The molecule has 0 aliphatic heterocycles. The first-order valence-corrected chi connectivity index (χ1v) is 22.1. The van der Waals surface area contributed by atoms with E-state index >= 15 is 0 Å². The van der Waals surface area contributed by atoms with Crippen molar-refractivity contribution >= 4 is 63.0 Å². The molecular formula is C56H42S2. The number of hydrogen-bond acceptors (Lipinski definition) is 2. The van der Waals surface area contributed by atoms with Crippen LogP contribution in [0.4, 0.5) is 0 Å². The van der Waals surface area contributed by atoms with E-state index in [-0.39, 0.29) is 10.8 Å². The molecule has 58 heavy (non-hydrogen) atoms. The van der Waals surface area contributed by atoms with E-state index in [9.17, 15) is 0 Å². The van der Waals surface area contributed by atoms with E-state index in [2.05, 4.69) is 187 Å². The third-order valence-corrected chi connectivity index (χ3v) is 16.0. The molecule has 10 aromatic rings. The molecule has 0 N–H and O–H groups in total. The van der Waals surface area contributed by atoms with Gasteiger partial charge in [-0.15, -0.1) is 22.7 Å². The van der Waals surface area contributed by atoms with Crippen molar-refractivity contribution in [2.75, 3.05) is 0 Å². The van der Waals surface area contributed by atoms with Gasteiger partial charge in [-0.25, -0.2) is 0 Å². The fraction of sp³-hybridized carbons (Fsp3) is 0.143. The lowest BCUT2D eigenvalue weighted by molar-refractivity contribution is 0.601. The highest BCUT2D eigenvalue weighted by molar-refractivity contribution is 7.26. The van der Waals surface area contributed by atoms with E-state index in [1.54, 1.807) is 0 Å². The molecule has 0 spiro atoms. The van der Waals surface area contributed by atoms with Crippen LogP contribution >= 0.6 is 22.7 Å². The molecule has 2 aromatic heterocycles. The summed E-state index contributed by atoms with van der Waals surface area (Å²) in [6, 6.07) is 55.5. The molecule has 0 nitrogen and oxygen atoms in total. The van der Waals surface area contributed by atoms with Gasteiger partial charge in [-0.2, -0.15) is 0 Å². The molecule has 0 saturated carbocycles. The summed E-state index contributed by atoms with van der Waals surface area (Å²) in [6.07, 6.45) is 0. The van der Waals surface area contributed by atoms with E-state index < -0.39 is 0 Å². The molecule has 2 heterocycles. The van der Waals surface area contributed by atoms with Crippen LogP contribution in [-0.4, -0.2) is 0 Å². The van der Waals surface area contributed by atoms with Gasteiger partial charge in [0.2, 0.25) is 0 Å². The van der Waals surface area contributed by atoms with Gasteiger partial charge in [-0.1, -0.05) is 125 Å². The standard InChI is InChI=1S/C56H42S2/c1-31-25-37(34-17-15-33(16-18-34)35-19-23-49-43(27-35)39-11-7-9-13-47(39)57-49)29-45-51(31)41-21-22-42-52-32(2)26-38(30-46(52)56(5,6)54(42)53(41)55(45,3)4)36-20-24-50-44(28-36)40-12-8-10-14-48(40)58-50/h7-30H,1-6H3. The Morgan fingerprint density at radius 3 is 1.21 bits per heavy atom. The summed E-state index contributed by atoms with van der Waals surface area (Å²) in [5, 5.41) is 5.39. The third kappa shape index (κ3) is 4.68. The minimum atomic E-state index is -0.156. The summed E-state index contributed by atoms with van der Waals surface area (Å²) in [4.78, 5) is 0. The maximum absolute atomic E-state index is 2.51.